The molecule has 0 saturated carbocycles. The fourth-order valence-corrected chi connectivity index (χ4v) is 1.77. The topological polar surface area (TPSA) is 107 Å². The number of halogens is 1. The second-order valence-electron chi connectivity index (χ2n) is 4.18. The first-order chi connectivity index (χ1) is 10.6. The number of hydrogen-bond acceptors (Lipinski definition) is 5. The van der Waals surface area contributed by atoms with Crippen molar-refractivity contribution in [2.45, 2.75) is 0 Å². The Kier molecular flexibility index (Phi) is 5.11. The van der Waals surface area contributed by atoms with Gasteiger partial charge in [-0.25, -0.2) is 0 Å². The third kappa shape index (κ3) is 4.33. The van der Waals surface area contributed by atoms with Crippen LogP contribution in [0.25, 0.3) is 0 Å². The molecule has 0 atom stereocenters. The molecular weight excluding hydrogens is 346 g/mol. The van der Waals surface area contributed by atoms with Crippen LogP contribution in [0.3, 0.4) is 0 Å². The Morgan fingerprint density at radius 3 is 2.18 bits per heavy atom. The number of nitrogens with one attached hydrogen (secondary N) is 2. The molecular formula is C15H12BrN5O. The van der Waals surface area contributed by atoms with Crippen LogP contribution in [0.15, 0.2) is 58.1 Å². The Morgan fingerprint density at radius 1 is 1.14 bits per heavy atom. The van der Waals surface area contributed by atoms with Crippen molar-refractivity contribution in [3.8, 4) is 17.6 Å². The van der Waals surface area contributed by atoms with Crippen molar-refractivity contribution in [3.05, 3.63) is 53.0 Å². The molecule has 0 radical (unpaired) electrons. The molecule has 2 rings (SSSR count). The van der Waals surface area contributed by atoms with Gasteiger partial charge in [0.15, 0.2) is 5.84 Å². The van der Waals surface area contributed by atoms with E-state index in [4.69, 9.17) is 21.1 Å². The predicted molar refractivity (Wildman–Crippen MR) is 89.2 cm³/mol. The summed E-state index contributed by atoms with van der Waals surface area (Å²) in [5.74, 6) is 1.01. The number of nitrogens with zero attached hydrogens (tertiary/aromatic N) is 2. The van der Waals surface area contributed by atoms with E-state index in [-0.39, 0.29) is 11.5 Å². The molecule has 7 heteroatoms. The van der Waals surface area contributed by atoms with Crippen LogP contribution in [-0.4, -0.2) is 11.5 Å². The van der Waals surface area contributed by atoms with E-state index in [0.29, 0.717) is 11.4 Å². The third-order valence-corrected chi connectivity index (χ3v) is 3.09. The van der Waals surface area contributed by atoms with E-state index in [1.165, 1.54) is 0 Å². The summed E-state index contributed by atoms with van der Waals surface area (Å²) in [4.78, 5) is 0. The molecule has 2 aromatic carbocycles. The number of nitriles is 1. The van der Waals surface area contributed by atoms with Gasteiger partial charge in [0.2, 0.25) is 5.71 Å². The summed E-state index contributed by atoms with van der Waals surface area (Å²) in [6, 6.07) is 16.2. The van der Waals surface area contributed by atoms with Gasteiger partial charge >= 0.3 is 0 Å². The molecule has 0 fully saturated rings. The van der Waals surface area contributed by atoms with E-state index in [1.807, 2.05) is 24.3 Å². The number of nitrogens with two attached hydrogens (primary N) is 1. The van der Waals surface area contributed by atoms with Gasteiger partial charge in [-0.1, -0.05) is 15.9 Å². The second kappa shape index (κ2) is 7.24. The zero-order valence-corrected chi connectivity index (χ0v) is 13.0. The SMILES string of the molecule is N#C/C(=N\Nc1ccc(Oc2ccc(Br)cc2)cc1)C(=N)N. The van der Waals surface area contributed by atoms with Crippen molar-refractivity contribution in [1.29, 1.82) is 10.7 Å². The van der Waals surface area contributed by atoms with Crippen LogP contribution in [-0.2, 0) is 0 Å². The summed E-state index contributed by atoms with van der Waals surface area (Å²) in [5, 5.41) is 19.6. The van der Waals surface area contributed by atoms with E-state index in [0.717, 1.165) is 10.2 Å². The van der Waals surface area contributed by atoms with Crippen molar-refractivity contribution >= 4 is 33.2 Å². The maximum absolute atomic E-state index is 8.74. The smallest absolute Gasteiger partial charge is 0.201 e. The van der Waals surface area contributed by atoms with Gasteiger partial charge in [-0.15, -0.1) is 0 Å². The Hall–Kier alpha value is -2.85. The van der Waals surface area contributed by atoms with Crippen LogP contribution in [0.1, 0.15) is 0 Å². The lowest BCUT2D eigenvalue weighted by atomic mass is 10.3. The predicted octanol–water partition coefficient (Wildman–Crippen LogP) is 3.47. The highest BCUT2D eigenvalue weighted by molar-refractivity contribution is 9.10. The molecule has 0 spiro atoms. The van der Waals surface area contributed by atoms with Crippen LogP contribution < -0.4 is 15.9 Å². The Bertz CT molecular complexity index is 732. The summed E-state index contributed by atoms with van der Waals surface area (Å²) < 4.78 is 6.66. The van der Waals surface area contributed by atoms with E-state index >= 15 is 0 Å². The maximum atomic E-state index is 8.74. The normalized spacial score (nSPS) is 10.6. The minimum absolute atomic E-state index is 0.171. The van der Waals surface area contributed by atoms with Crippen molar-refractivity contribution < 1.29 is 4.74 Å². The maximum Gasteiger partial charge on any atom is 0.201 e. The Balaban J connectivity index is 2.03. The molecule has 22 heavy (non-hydrogen) atoms. The summed E-state index contributed by atoms with van der Waals surface area (Å²) >= 11 is 3.36. The third-order valence-electron chi connectivity index (χ3n) is 2.56. The zero-order chi connectivity index (χ0) is 15.9. The average molecular weight is 358 g/mol. The lowest BCUT2D eigenvalue weighted by Crippen LogP contribution is -2.21. The highest BCUT2D eigenvalue weighted by atomic mass is 79.9. The number of rotatable bonds is 5. The Labute approximate surface area is 135 Å². The van der Waals surface area contributed by atoms with Crippen LogP contribution >= 0.6 is 15.9 Å². The van der Waals surface area contributed by atoms with Gasteiger partial charge in [-0.05, 0) is 48.5 Å². The van der Waals surface area contributed by atoms with Crippen molar-refractivity contribution in [2.75, 3.05) is 5.43 Å². The lowest BCUT2D eigenvalue weighted by Gasteiger charge is -2.07. The van der Waals surface area contributed by atoms with Crippen LogP contribution in [0, 0.1) is 16.7 Å². The molecule has 0 bridgehead atoms. The van der Waals surface area contributed by atoms with Gasteiger partial charge in [-0.2, -0.15) is 10.4 Å². The monoisotopic (exact) mass is 357 g/mol. The standard InChI is InChI=1S/C15H12BrN5O/c16-10-1-5-12(6-2-10)22-13-7-3-11(4-8-13)20-21-14(9-17)15(18)19/h1-8,20H,(H3,18,19)/b21-14+. The molecule has 0 amide bonds. The molecule has 0 aliphatic rings. The van der Waals surface area contributed by atoms with E-state index in [9.17, 15) is 0 Å². The molecule has 0 unspecified atom stereocenters. The molecule has 0 aliphatic heterocycles. The molecule has 4 N–H and O–H groups in total. The first kappa shape index (κ1) is 15.5. The quantitative estimate of drug-likeness (QED) is 0.432. The first-order valence-electron chi connectivity index (χ1n) is 6.20. The fourth-order valence-electron chi connectivity index (χ4n) is 1.50. The number of amidine groups is 1. The van der Waals surface area contributed by atoms with Gasteiger partial charge in [0.05, 0.1) is 5.69 Å². The second-order valence-corrected chi connectivity index (χ2v) is 5.09. The van der Waals surface area contributed by atoms with Crippen LogP contribution in [0.5, 0.6) is 11.5 Å². The van der Waals surface area contributed by atoms with Gasteiger partial charge in [0.25, 0.3) is 0 Å². The number of hydrazone groups is 1. The number of ether oxygens (including phenoxy) is 1. The summed E-state index contributed by atoms with van der Waals surface area (Å²) in [7, 11) is 0. The van der Waals surface area contributed by atoms with Crippen LogP contribution in [0.2, 0.25) is 0 Å². The molecule has 0 heterocycles. The van der Waals surface area contributed by atoms with Gasteiger partial charge in [0.1, 0.15) is 17.6 Å². The minimum atomic E-state index is -0.384. The van der Waals surface area contributed by atoms with E-state index in [2.05, 4.69) is 26.5 Å². The van der Waals surface area contributed by atoms with Gasteiger partial charge in [0, 0.05) is 4.47 Å². The lowest BCUT2D eigenvalue weighted by molar-refractivity contribution is 0.482. The molecule has 6 nitrogen and oxygen atoms in total. The largest absolute Gasteiger partial charge is 0.457 e. The molecule has 110 valence electrons. The minimum Gasteiger partial charge on any atom is -0.457 e. The molecule has 2 aromatic rings. The van der Waals surface area contributed by atoms with E-state index in [1.54, 1.807) is 30.3 Å². The molecule has 0 aromatic heterocycles. The molecule has 0 saturated heterocycles. The number of benzene rings is 2. The van der Waals surface area contributed by atoms with Crippen molar-refractivity contribution in [3.63, 3.8) is 0 Å². The van der Waals surface area contributed by atoms with Crippen LogP contribution in [0.4, 0.5) is 5.69 Å². The highest BCUT2D eigenvalue weighted by Gasteiger charge is 2.01. The Morgan fingerprint density at radius 2 is 1.68 bits per heavy atom. The van der Waals surface area contributed by atoms with Crippen molar-refractivity contribution in [2.24, 2.45) is 10.8 Å². The summed E-state index contributed by atoms with van der Waals surface area (Å²) in [5.41, 5.74) is 8.34. The van der Waals surface area contributed by atoms with Gasteiger partial charge < -0.3 is 10.5 Å². The average Bonchev–Trinajstić information content (AvgIpc) is 2.51. The molecule has 0 aliphatic carbocycles. The number of hydrogen-bond donors (Lipinski definition) is 3. The summed E-state index contributed by atoms with van der Waals surface area (Å²) in [6.07, 6.45) is 0. The number of anilines is 1. The van der Waals surface area contributed by atoms with Crippen molar-refractivity contribution in [1.82, 2.24) is 0 Å². The zero-order valence-electron chi connectivity index (χ0n) is 11.4. The van der Waals surface area contributed by atoms with E-state index < -0.39 is 0 Å². The highest BCUT2D eigenvalue weighted by Crippen LogP contribution is 2.24. The summed E-state index contributed by atoms with van der Waals surface area (Å²) in [6.45, 7) is 0. The fraction of sp³-hybridized carbons (Fsp3) is 0. The first-order valence-corrected chi connectivity index (χ1v) is 6.99. The van der Waals surface area contributed by atoms with Gasteiger partial charge in [-0.3, -0.25) is 10.8 Å².